The number of hydrogen-bond donors (Lipinski definition) is 1. The highest BCUT2D eigenvalue weighted by molar-refractivity contribution is 5.91. The van der Waals surface area contributed by atoms with Crippen LogP contribution >= 0.6 is 0 Å². The molecule has 0 saturated carbocycles. The average Bonchev–Trinajstić information content (AvgIpc) is 2.71. The van der Waals surface area contributed by atoms with Crippen molar-refractivity contribution < 1.29 is 14.3 Å². The molecular weight excluding hydrogens is 354 g/mol. The maximum absolute atomic E-state index is 12.6. The Morgan fingerprint density at radius 2 is 1.57 bits per heavy atom. The third-order valence-corrected chi connectivity index (χ3v) is 5.02. The summed E-state index contributed by atoms with van der Waals surface area (Å²) < 4.78 is 5.02. The second kappa shape index (κ2) is 8.78. The topological polar surface area (TPSA) is 61.9 Å². The Kier molecular flexibility index (Phi) is 6.19. The molecule has 1 aliphatic heterocycles. The van der Waals surface area contributed by atoms with E-state index in [-0.39, 0.29) is 12.0 Å². The summed E-state index contributed by atoms with van der Waals surface area (Å²) >= 11 is 0. The van der Waals surface area contributed by atoms with Gasteiger partial charge in [0.25, 0.3) is 0 Å². The van der Waals surface area contributed by atoms with E-state index in [0.717, 1.165) is 35.6 Å². The molecule has 2 amide bonds. The first-order chi connectivity index (χ1) is 13.5. The first kappa shape index (κ1) is 19.7. The fraction of sp³-hybridized carbons (Fsp3) is 0.364. The van der Waals surface area contributed by atoms with Gasteiger partial charge < -0.3 is 19.9 Å². The number of ether oxygens (including phenoxy) is 1. The second-order valence-corrected chi connectivity index (χ2v) is 6.94. The number of rotatable bonds is 4. The second-order valence-electron chi connectivity index (χ2n) is 6.94. The molecule has 0 bridgehead atoms. The number of carbonyl (C=O) groups is 2. The van der Waals surface area contributed by atoms with Crippen LogP contribution < -0.4 is 10.2 Å². The van der Waals surface area contributed by atoms with Crippen molar-refractivity contribution in [3.63, 3.8) is 0 Å². The summed E-state index contributed by atoms with van der Waals surface area (Å²) in [5.74, 6) is -0.304. The smallest absolute Gasteiger partial charge is 0.338 e. The molecule has 0 spiro atoms. The molecule has 2 aromatic rings. The van der Waals surface area contributed by atoms with E-state index in [2.05, 4.69) is 10.2 Å². The van der Waals surface area contributed by atoms with Gasteiger partial charge in [-0.15, -0.1) is 0 Å². The molecule has 0 unspecified atom stereocenters. The molecule has 3 rings (SSSR count). The van der Waals surface area contributed by atoms with Gasteiger partial charge in [-0.05, 0) is 56.2 Å². The van der Waals surface area contributed by atoms with Gasteiger partial charge in [-0.25, -0.2) is 9.59 Å². The first-order valence-corrected chi connectivity index (χ1v) is 9.64. The fourth-order valence-electron chi connectivity index (χ4n) is 3.39. The first-order valence-electron chi connectivity index (χ1n) is 9.64. The summed E-state index contributed by atoms with van der Waals surface area (Å²) in [6, 6.07) is 13.4. The molecular formula is C22H27N3O3. The van der Waals surface area contributed by atoms with E-state index >= 15 is 0 Å². The Balaban J connectivity index is 1.57. The van der Waals surface area contributed by atoms with E-state index < -0.39 is 0 Å². The minimum atomic E-state index is -0.304. The Bertz CT molecular complexity index is 820. The van der Waals surface area contributed by atoms with Crippen molar-refractivity contribution in [1.29, 1.82) is 0 Å². The number of para-hydroxylation sites is 1. The Morgan fingerprint density at radius 1 is 0.964 bits per heavy atom. The summed E-state index contributed by atoms with van der Waals surface area (Å²) in [6.45, 7) is 8.96. The molecule has 1 fully saturated rings. The molecule has 0 radical (unpaired) electrons. The van der Waals surface area contributed by atoms with Gasteiger partial charge in [0.1, 0.15) is 0 Å². The molecule has 6 heteroatoms. The molecule has 1 heterocycles. The number of esters is 1. The van der Waals surface area contributed by atoms with Gasteiger partial charge in [0, 0.05) is 37.6 Å². The van der Waals surface area contributed by atoms with E-state index in [0.29, 0.717) is 25.3 Å². The van der Waals surface area contributed by atoms with Crippen molar-refractivity contribution in [2.75, 3.05) is 43.0 Å². The molecule has 1 aliphatic rings. The van der Waals surface area contributed by atoms with Gasteiger partial charge >= 0.3 is 12.0 Å². The van der Waals surface area contributed by atoms with Gasteiger partial charge in [-0.3, -0.25) is 0 Å². The minimum absolute atomic E-state index is 0.0605. The number of hydrogen-bond acceptors (Lipinski definition) is 4. The number of benzene rings is 2. The Hall–Kier alpha value is -3.02. The van der Waals surface area contributed by atoms with Crippen LogP contribution in [0.3, 0.4) is 0 Å². The largest absolute Gasteiger partial charge is 0.462 e. The molecule has 148 valence electrons. The standard InChI is InChI=1S/C22H27N3O3/c1-4-28-21(26)18-8-10-19(11-9-18)24-12-14-25(15-13-24)22(27)23-20-16(2)6-5-7-17(20)3/h5-11H,4,12-15H2,1-3H3,(H,23,27). The van der Waals surface area contributed by atoms with Crippen LogP contribution in [-0.4, -0.2) is 49.7 Å². The minimum Gasteiger partial charge on any atom is -0.462 e. The number of nitrogens with one attached hydrogen (secondary N) is 1. The lowest BCUT2D eigenvalue weighted by Crippen LogP contribution is -2.50. The van der Waals surface area contributed by atoms with Gasteiger partial charge in [-0.2, -0.15) is 0 Å². The van der Waals surface area contributed by atoms with Crippen LogP contribution in [0.2, 0.25) is 0 Å². The molecule has 28 heavy (non-hydrogen) atoms. The van der Waals surface area contributed by atoms with Crippen LogP contribution in [0.25, 0.3) is 0 Å². The molecule has 1 N–H and O–H groups in total. The summed E-state index contributed by atoms with van der Waals surface area (Å²) in [6.07, 6.45) is 0. The zero-order valence-electron chi connectivity index (χ0n) is 16.7. The van der Waals surface area contributed by atoms with Gasteiger partial charge in [0.05, 0.1) is 12.2 Å². The lowest BCUT2D eigenvalue weighted by molar-refractivity contribution is 0.0526. The number of urea groups is 1. The summed E-state index contributed by atoms with van der Waals surface area (Å²) in [5, 5.41) is 3.05. The van der Waals surface area contributed by atoms with Crippen LogP contribution in [0.4, 0.5) is 16.2 Å². The fourth-order valence-corrected chi connectivity index (χ4v) is 3.39. The number of piperazine rings is 1. The van der Waals surface area contributed by atoms with Crippen LogP contribution in [-0.2, 0) is 4.74 Å². The van der Waals surface area contributed by atoms with Crippen molar-refractivity contribution >= 4 is 23.4 Å². The van der Waals surface area contributed by atoms with Crippen molar-refractivity contribution in [1.82, 2.24) is 4.90 Å². The highest BCUT2D eigenvalue weighted by atomic mass is 16.5. The number of carbonyl (C=O) groups excluding carboxylic acids is 2. The zero-order chi connectivity index (χ0) is 20.1. The third kappa shape index (κ3) is 4.44. The molecule has 0 atom stereocenters. The van der Waals surface area contributed by atoms with E-state index in [4.69, 9.17) is 4.74 Å². The highest BCUT2D eigenvalue weighted by Gasteiger charge is 2.22. The molecule has 1 saturated heterocycles. The molecule has 2 aromatic carbocycles. The predicted octanol–water partition coefficient (Wildman–Crippen LogP) is 3.83. The Morgan fingerprint density at radius 3 is 2.14 bits per heavy atom. The predicted molar refractivity (Wildman–Crippen MR) is 111 cm³/mol. The van der Waals surface area contributed by atoms with E-state index in [1.165, 1.54) is 0 Å². The van der Waals surface area contributed by atoms with E-state index in [9.17, 15) is 9.59 Å². The van der Waals surface area contributed by atoms with Gasteiger partial charge in [-0.1, -0.05) is 18.2 Å². The number of anilines is 2. The van der Waals surface area contributed by atoms with Gasteiger partial charge in [0.15, 0.2) is 0 Å². The van der Waals surface area contributed by atoms with Gasteiger partial charge in [0.2, 0.25) is 0 Å². The summed E-state index contributed by atoms with van der Waals surface area (Å²) in [4.78, 5) is 28.5. The van der Waals surface area contributed by atoms with E-state index in [1.807, 2.05) is 49.1 Å². The number of aryl methyl sites for hydroxylation is 2. The maximum Gasteiger partial charge on any atom is 0.338 e. The van der Waals surface area contributed by atoms with Crippen LogP contribution in [0.1, 0.15) is 28.4 Å². The third-order valence-electron chi connectivity index (χ3n) is 5.02. The van der Waals surface area contributed by atoms with Crippen LogP contribution in [0.15, 0.2) is 42.5 Å². The van der Waals surface area contributed by atoms with Crippen LogP contribution in [0.5, 0.6) is 0 Å². The summed E-state index contributed by atoms with van der Waals surface area (Å²) in [7, 11) is 0. The van der Waals surface area contributed by atoms with Crippen molar-refractivity contribution in [3.8, 4) is 0 Å². The van der Waals surface area contributed by atoms with Crippen molar-refractivity contribution in [2.45, 2.75) is 20.8 Å². The van der Waals surface area contributed by atoms with Crippen LogP contribution in [0, 0.1) is 13.8 Å². The lowest BCUT2D eigenvalue weighted by Gasteiger charge is -2.36. The van der Waals surface area contributed by atoms with E-state index in [1.54, 1.807) is 19.1 Å². The monoisotopic (exact) mass is 381 g/mol. The molecule has 6 nitrogen and oxygen atoms in total. The van der Waals surface area contributed by atoms with Crippen molar-refractivity contribution in [3.05, 3.63) is 59.2 Å². The molecule has 0 aliphatic carbocycles. The Labute approximate surface area is 166 Å². The number of nitrogens with zero attached hydrogens (tertiary/aromatic N) is 2. The normalized spacial score (nSPS) is 14.0. The zero-order valence-corrected chi connectivity index (χ0v) is 16.7. The van der Waals surface area contributed by atoms with Crippen molar-refractivity contribution in [2.24, 2.45) is 0 Å². The maximum atomic E-state index is 12.6. The molecule has 0 aromatic heterocycles. The highest BCUT2D eigenvalue weighted by Crippen LogP contribution is 2.21. The summed E-state index contributed by atoms with van der Waals surface area (Å²) in [5.41, 5.74) is 4.62. The SMILES string of the molecule is CCOC(=O)c1ccc(N2CCN(C(=O)Nc3c(C)cccc3C)CC2)cc1. The number of amides is 2. The quantitative estimate of drug-likeness (QED) is 0.818. The lowest BCUT2D eigenvalue weighted by atomic mass is 10.1. The average molecular weight is 381 g/mol.